The molecule has 1 atom stereocenters. The molecule has 1 saturated heterocycles. The van der Waals surface area contributed by atoms with Crippen LogP contribution in [0.2, 0.25) is 0 Å². The van der Waals surface area contributed by atoms with E-state index in [1.54, 1.807) is 6.07 Å². The third-order valence-electron chi connectivity index (χ3n) is 3.27. The summed E-state index contributed by atoms with van der Waals surface area (Å²) >= 11 is 1.01. The van der Waals surface area contributed by atoms with Crippen LogP contribution in [0.25, 0.3) is 0 Å². The predicted molar refractivity (Wildman–Crippen MR) is 85.5 cm³/mol. The molecule has 106 valence electrons. The van der Waals surface area contributed by atoms with Crippen molar-refractivity contribution in [3.05, 3.63) is 60.2 Å². The van der Waals surface area contributed by atoms with Crippen molar-refractivity contribution in [2.75, 3.05) is 10.2 Å². The number of anilines is 2. The van der Waals surface area contributed by atoms with E-state index in [-0.39, 0.29) is 11.1 Å². The molecule has 1 N–H and O–H groups in total. The summed E-state index contributed by atoms with van der Waals surface area (Å²) < 4.78 is 0. The molecule has 0 aliphatic carbocycles. The number of carbonyl (C=O) groups excluding carboxylic acids is 2. The summed E-state index contributed by atoms with van der Waals surface area (Å²) in [6.07, 6.45) is 0. The van der Waals surface area contributed by atoms with E-state index < -0.39 is 5.37 Å². The Kier molecular flexibility index (Phi) is 3.66. The van der Waals surface area contributed by atoms with Gasteiger partial charge in [-0.15, -0.1) is 0 Å². The van der Waals surface area contributed by atoms with Crippen LogP contribution < -0.4 is 10.2 Å². The van der Waals surface area contributed by atoms with Crippen LogP contribution in [0.3, 0.4) is 0 Å². The van der Waals surface area contributed by atoms with Gasteiger partial charge in [-0.05, 0) is 42.4 Å². The molecular weight excluding hydrogens is 284 g/mol. The fourth-order valence-corrected chi connectivity index (χ4v) is 3.12. The van der Waals surface area contributed by atoms with Crippen LogP contribution in [0.5, 0.6) is 0 Å². The number of amides is 2. The number of rotatable bonds is 3. The number of imide groups is 1. The normalized spacial score (nSPS) is 18.1. The van der Waals surface area contributed by atoms with Crippen molar-refractivity contribution in [1.82, 2.24) is 0 Å². The van der Waals surface area contributed by atoms with Crippen molar-refractivity contribution in [2.24, 2.45) is 0 Å². The molecule has 5 heteroatoms. The van der Waals surface area contributed by atoms with Gasteiger partial charge in [-0.3, -0.25) is 9.59 Å². The molecule has 0 bridgehead atoms. The fraction of sp³-hybridized carbons (Fsp3) is 0.125. The second-order valence-electron chi connectivity index (χ2n) is 4.73. The average Bonchev–Trinajstić information content (AvgIpc) is 2.76. The largest absolute Gasteiger partial charge is 0.365 e. The third kappa shape index (κ3) is 2.64. The van der Waals surface area contributed by atoms with Gasteiger partial charge in [0.05, 0.1) is 5.69 Å². The average molecular weight is 298 g/mol. The zero-order chi connectivity index (χ0) is 14.8. The van der Waals surface area contributed by atoms with E-state index in [2.05, 4.69) is 5.32 Å². The Hall–Kier alpha value is -2.27. The molecule has 0 spiro atoms. The van der Waals surface area contributed by atoms with Gasteiger partial charge in [0, 0.05) is 5.69 Å². The number of para-hydroxylation sites is 2. The van der Waals surface area contributed by atoms with Crippen LogP contribution in [0.4, 0.5) is 16.2 Å². The van der Waals surface area contributed by atoms with Gasteiger partial charge in [-0.1, -0.05) is 36.4 Å². The maximum atomic E-state index is 12.5. The van der Waals surface area contributed by atoms with Crippen LogP contribution >= 0.6 is 11.8 Å². The summed E-state index contributed by atoms with van der Waals surface area (Å²) in [5.74, 6) is -0.233. The van der Waals surface area contributed by atoms with Crippen LogP contribution in [0, 0.1) is 6.92 Å². The van der Waals surface area contributed by atoms with Crippen LogP contribution in [-0.4, -0.2) is 16.5 Å². The topological polar surface area (TPSA) is 49.4 Å². The summed E-state index contributed by atoms with van der Waals surface area (Å²) in [6, 6.07) is 16.8. The fourth-order valence-electron chi connectivity index (χ4n) is 2.22. The van der Waals surface area contributed by atoms with Crippen molar-refractivity contribution >= 4 is 34.3 Å². The summed E-state index contributed by atoms with van der Waals surface area (Å²) in [5, 5.41) is 2.26. The highest BCUT2D eigenvalue weighted by Crippen LogP contribution is 2.33. The first-order valence-corrected chi connectivity index (χ1v) is 7.46. The summed E-state index contributed by atoms with van der Waals surface area (Å²) in [5.41, 5.74) is 2.38. The molecule has 4 nitrogen and oxygen atoms in total. The minimum atomic E-state index is -0.584. The zero-order valence-corrected chi connectivity index (χ0v) is 12.3. The Morgan fingerprint density at radius 2 is 1.67 bits per heavy atom. The number of nitrogens with zero attached hydrogens (tertiary/aromatic N) is 1. The molecule has 3 rings (SSSR count). The molecule has 0 saturated carbocycles. The van der Waals surface area contributed by atoms with Gasteiger partial charge in [0.25, 0.3) is 11.1 Å². The Morgan fingerprint density at radius 3 is 2.38 bits per heavy atom. The molecular formula is C16H14N2O2S. The van der Waals surface area contributed by atoms with Crippen molar-refractivity contribution in [3.63, 3.8) is 0 Å². The Bertz CT molecular complexity index is 688. The molecule has 1 heterocycles. The minimum absolute atomic E-state index is 0.233. The van der Waals surface area contributed by atoms with E-state index in [1.807, 2.05) is 55.5 Å². The number of hydrogen-bond donors (Lipinski definition) is 1. The monoisotopic (exact) mass is 298 g/mol. The Morgan fingerprint density at radius 1 is 1.00 bits per heavy atom. The molecule has 2 aromatic rings. The molecule has 0 aromatic heterocycles. The molecule has 0 unspecified atom stereocenters. The first kappa shape index (κ1) is 13.7. The number of benzene rings is 2. The van der Waals surface area contributed by atoms with E-state index in [4.69, 9.17) is 0 Å². The summed E-state index contributed by atoms with van der Waals surface area (Å²) in [6.45, 7) is 1.89. The van der Waals surface area contributed by atoms with E-state index in [0.717, 1.165) is 23.0 Å². The summed E-state index contributed by atoms with van der Waals surface area (Å²) in [4.78, 5) is 25.9. The second-order valence-corrected chi connectivity index (χ2v) is 5.79. The maximum Gasteiger partial charge on any atom is 0.295 e. The van der Waals surface area contributed by atoms with E-state index in [0.29, 0.717) is 5.69 Å². The smallest absolute Gasteiger partial charge is 0.295 e. The number of hydrogen-bond acceptors (Lipinski definition) is 4. The standard InChI is InChI=1S/C16H14N2O2S/c1-11-7-5-6-10-13(11)18-15(19)14(21-16(18)20)17-12-8-3-2-4-9-12/h2-10,14,17H,1H3/t14-/m0/s1. The maximum absolute atomic E-state index is 12.5. The Balaban J connectivity index is 1.84. The zero-order valence-electron chi connectivity index (χ0n) is 11.4. The van der Waals surface area contributed by atoms with Gasteiger partial charge in [0.2, 0.25) is 0 Å². The van der Waals surface area contributed by atoms with Crippen LogP contribution in [0.1, 0.15) is 5.56 Å². The first-order valence-electron chi connectivity index (χ1n) is 6.58. The number of carbonyl (C=O) groups is 2. The highest BCUT2D eigenvalue weighted by atomic mass is 32.2. The van der Waals surface area contributed by atoms with Crippen molar-refractivity contribution in [1.29, 1.82) is 0 Å². The van der Waals surface area contributed by atoms with Crippen molar-refractivity contribution in [3.8, 4) is 0 Å². The second kappa shape index (κ2) is 5.61. The molecule has 1 aliphatic heterocycles. The molecule has 1 fully saturated rings. The molecule has 1 aliphatic rings. The van der Waals surface area contributed by atoms with E-state index in [1.165, 1.54) is 4.90 Å². The Labute approximate surface area is 127 Å². The van der Waals surface area contributed by atoms with Gasteiger partial charge in [0.1, 0.15) is 0 Å². The SMILES string of the molecule is Cc1ccccc1N1C(=O)S[C@H](Nc2ccccc2)C1=O. The number of thioether (sulfide) groups is 1. The number of nitrogens with one attached hydrogen (secondary N) is 1. The van der Waals surface area contributed by atoms with Crippen LogP contribution in [0.15, 0.2) is 54.6 Å². The first-order chi connectivity index (χ1) is 10.2. The van der Waals surface area contributed by atoms with E-state index >= 15 is 0 Å². The third-order valence-corrected chi connectivity index (χ3v) is 4.21. The predicted octanol–water partition coefficient (Wildman–Crippen LogP) is 3.63. The minimum Gasteiger partial charge on any atom is -0.365 e. The van der Waals surface area contributed by atoms with E-state index in [9.17, 15) is 9.59 Å². The highest BCUT2D eigenvalue weighted by molar-refractivity contribution is 8.16. The lowest BCUT2D eigenvalue weighted by molar-refractivity contribution is -0.116. The van der Waals surface area contributed by atoms with Crippen molar-refractivity contribution < 1.29 is 9.59 Å². The lowest BCUT2D eigenvalue weighted by Crippen LogP contribution is -2.34. The van der Waals surface area contributed by atoms with Gasteiger partial charge >= 0.3 is 0 Å². The van der Waals surface area contributed by atoms with Crippen LogP contribution in [-0.2, 0) is 4.79 Å². The lowest BCUT2D eigenvalue weighted by Gasteiger charge is -2.16. The van der Waals surface area contributed by atoms with Gasteiger partial charge in [-0.2, -0.15) is 0 Å². The summed E-state index contributed by atoms with van der Waals surface area (Å²) in [7, 11) is 0. The molecule has 21 heavy (non-hydrogen) atoms. The quantitative estimate of drug-likeness (QED) is 0.940. The highest BCUT2D eigenvalue weighted by Gasteiger charge is 2.41. The molecule has 2 amide bonds. The van der Waals surface area contributed by atoms with Crippen molar-refractivity contribution in [2.45, 2.75) is 12.3 Å². The molecule has 0 radical (unpaired) electrons. The number of aryl methyl sites for hydroxylation is 1. The van der Waals surface area contributed by atoms with Gasteiger partial charge < -0.3 is 5.32 Å². The molecule has 2 aromatic carbocycles. The van der Waals surface area contributed by atoms with Gasteiger partial charge in [0.15, 0.2) is 5.37 Å². The van der Waals surface area contributed by atoms with Gasteiger partial charge in [-0.25, -0.2) is 4.90 Å². The lowest BCUT2D eigenvalue weighted by atomic mass is 10.2.